The number of nitrogens with one attached hydrogen (secondary N) is 1. The van der Waals surface area contributed by atoms with Crippen LogP contribution in [0.2, 0.25) is 5.02 Å². The Morgan fingerprint density at radius 1 is 1.17 bits per heavy atom. The summed E-state index contributed by atoms with van der Waals surface area (Å²) in [5.41, 5.74) is 1.97. The van der Waals surface area contributed by atoms with E-state index in [1.807, 2.05) is 49.5 Å². The van der Waals surface area contributed by atoms with E-state index in [1.165, 1.54) is 16.9 Å². The predicted octanol–water partition coefficient (Wildman–Crippen LogP) is 4.52. The molecule has 6 nitrogen and oxygen atoms in total. The summed E-state index contributed by atoms with van der Waals surface area (Å²) in [5, 5.41) is 12.7. The molecule has 0 aliphatic carbocycles. The van der Waals surface area contributed by atoms with E-state index < -0.39 is 0 Å². The van der Waals surface area contributed by atoms with Crippen LogP contribution in [0.1, 0.15) is 27.3 Å². The van der Waals surface area contributed by atoms with Gasteiger partial charge in [-0.1, -0.05) is 54.1 Å². The van der Waals surface area contributed by atoms with Crippen LogP contribution in [0.5, 0.6) is 5.75 Å². The van der Waals surface area contributed by atoms with Crippen molar-refractivity contribution in [3.05, 3.63) is 69.1 Å². The highest BCUT2D eigenvalue weighted by Gasteiger charge is 2.14. The molecule has 0 atom stereocenters. The van der Waals surface area contributed by atoms with E-state index >= 15 is 0 Å². The van der Waals surface area contributed by atoms with Crippen LogP contribution in [0.4, 0.5) is 5.69 Å². The predicted molar refractivity (Wildman–Crippen MR) is 117 cm³/mol. The average molecular weight is 431 g/mol. The van der Waals surface area contributed by atoms with Crippen molar-refractivity contribution < 1.29 is 9.53 Å². The molecule has 0 radical (unpaired) electrons. The van der Waals surface area contributed by atoms with Gasteiger partial charge >= 0.3 is 0 Å². The van der Waals surface area contributed by atoms with Gasteiger partial charge in [-0.05, 0) is 43.3 Å². The third-order valence-corrected chi connectivity index (χ3v) is 5.47. The minimum atomic E-state index is -0.247. The van der Waals surface area contributed by atoms with Crippen molar-refractivity contribution >= 4 is 34.5 Å². The second kappa shape index (κ2) is 10.3. The van der Waals surface area contributed by atoms with Crippen molar-refractivity contribution in [2.75, 3.05) is 25.5 Å². The first-order chi connectivity index (χ1) is 14.0. The summed E-state index contributed by atoms with van der Waals surface area (Å²) < 4.78 is 5.70. The Morgan fingerprint density at radius 2 is 1.93 bits per heavy atom. The van der Waals surface area contributed by atoms with Gasteiger partial charge in [-0.2, -0.15) is 0 Å². The summed E-state index contributed by atoms with van der Waals surface area (Å²) in [7, 11) is 1.96. The van der Waals surface area contributed by atoms with E-state index in [-0.39, 0.29) is 5.91 Å². The molecule has 0 saturated heterocycles. The fraction of sp³-hybridized carbons (Fsp3) is 0.286. The zero-order chi connectivity index (χ0) is 20.6. The van der Waals surface area contributed by atoms with Crippen molar-refractivity contribution in [1.82, 2.24) is 15.1 Å². The van der Waals surface area contributed by atoms with Gasteiger partial charge in [0.2, 0.25) is 5.01 Å². The number of hydrogen-bond acceptors (Lipinski definition) is 6. The van der Waals surface area contributed by atoms with Gasteiger partial charge < -0.3 is 10.1 Å². The Labute approximate surface area is 179 Å². The number of aromatic nitrogens is 2. The van der Waals surface area contributed by atoms with Gasteiger partial charge in [0.05, 0.1) is 11.6 Å². The SMILES string of the molecule is CCc1ccc(NC(=O)c2nnc(CN(C)CCOc3ccccc3Cl)s2)cc1. The van der Waals surface area contributed by atoms with Crippen LogP contribution >= 0.6 is 22.9 Å². The number of anilines is 1. The van der Waals surface area contributed by atoms with Crippen LogP contribution in [0.3, 0.4) is 0 Å². The number of rotatable bonds is 9. The lowest BCUT2D eigenvalue weighted by molar-refractivity contribution is 0.102. The Morgan fingerprint density at radius 3 is 2.66 bits per heavy atom. The van der Waals surface area contributed by atoms with Crippen LogP contribution in [0.15, 0.2) is 48.5 Å². The lowest BCUT2D eigenvalue weighted by atomic mass is 10.1. The van der Waals surface area contributed by atoms with Crippen LogP contribution in [0, 0.1) is 0 Å². The number of carbonyl (C=O) groups is 1. The number of nitrogens with zero attached hydrogens (tertiary/aromatic N) is 3. The number of hydrogen-bond donors (Lipinski definition) is 1. The normalized spacial score (nSPS) is 10.9. The lowest BCUT2D eigenvalue weighted by Crippen LogP contribution is -2.23. The van der Waals surface area contributed by atoms with Gasteiger partial charge in [-0.15, -0.1) is 10.2 Å². The number of amides is 1. The highest BCUT2D eigenvalue weighted by molar-refractivity contribution is 7.13. The summed E-state index contributed by atoms with van der Waals surface area (Å²) in [6, 6.07) is 15.2. The molecule has 0 unspecified atom stereocenters. The molecule has 1 N–H and O–H groups in total. The Balaban J connectivity index is 1.47. The molecular weight excluding hydrogens is 408 g/mol. The molecule has 0 aliphatic rings. The van der Waals surface area contributed by atoms with Crippen LogP contribution < -0.4 is 10.1 Å². The first-order valence-corrected chi connectivity index (χ1v) is 10.5. The monoisotopic (exact) mass is 430 g/mol. The van der Waals surface area contributed by atoms with Gasteiger partial charge in [-0.3, -0.25) is 9.69 Å². The van der Waals surface area contributed by atoms with Gasteiger partial charge in [0.15, 0.2) is 0 Å². The molecule has 1 heterocycles. The highest BCUT2D eigenvalue weighted by Crippen LogP contribution is 2.23. The molecule has 2 aromatic carbocycles. The quantitative estimate of drug-likeness (QED) is 0.540. The van der Waals surface area contributed by atoms with Gasteiger partial charge in [0.1, 0.15) is 17.4 Å². The number of benzene rings is 2. The van der Waals surface area contributed by atoms with E-state index in [2.05, 4.69) is 27.3 Å². The van der Waals surface area contributed by atoms with E-state index in [0.29, 0.717) is 35.5 Å². The number of carbonyl (C=O) groups excluding carboxylic acids is 1. The molecule has 152 valence electrons. The smallest absolute Gasteiger partial charge is 0.286 e. The summed E-state index contributed by atoms with van der Waals surface area (Å²) in [6.07, 6.45) is 0.963. The summed E-state index contributed by atoms with van der Waals surface area (Å²) in [5.74, 6) is 0.423. The van der Waals surface area contributed by atoms with Crippen molar-refractivity contribution in [3.8, 4) is 5.75 Å². The summed E-state index contributed by atoms with van der Waals surface area (Å²) >= 11 is 7.37. The fourth-order valence-electron chi connectivity index (χ4n) is 2.60. The van der Waals surface area contributed by atoms with Crippen molar-refractivity contribution in [1.29, 1.82) is 0 Å². The van der Waals surface area contributed by atoms with Crippen LogP contribution in [0.25, 0.3) is 0 Å². The lowest BCUT2D eigenvalue weighted by Gasteiger charge is -2.15. The standard InChI is InChI=1S/C21H23ClN4O2S/c1-3-15-8-10-16(11-9-15)23-20(27)21-25-24-19(29-21)14-26(2)12-13-28-18-7-5-4-6-17(18)22/h4-11H,3,12-14H2,1-2H3,(H,23,27). The zero-order valence-corrected chi connectivity index (χ0v) is 18.0. The summed E-state index contributed by atoms with van der Waals surface area (Å²) in [6.45, 7) is 3.87. The molecule has 0 spiro atoms. The molecule has 3 rings (SSSR count). The maximum atomic E-state index is 12.4. The van der Waals surface area contributed by atoms with E-state index in [0.717, 1.165) is 17.1 Å². The molecular formula is C21H23ClN4O2S. The van der Waals surface area contributed by atoms with E-state index in [9.17, 15) is 4.79 Å². The third-order valence-electron chi connectivity index (χ3n) is 4.25. The molecule has 8 heteroatoms. The van der Waals surface area contributed by atoms with Crippen molar-refractivity contribution in [3.63, 3.8) is 0 Å². The number of aryl methyl sites for hydroxylation is 1. The van der Waals surface area contributed by atoms with Crippen LogP contribution in [-0.4, -0.2) is 41.2 Å². The van der Waals surface area contributed by atoms with E-state index in [4.69, 9.17) is 16.3 Å². The van der Waals surface area contributed by atoms with Gasteiger partial charge in [-0.25, -0.2) is 0 Å². The maximum absolute atomic E-state index is 12.4. The van der Waals surface area contributed by atoms with Gasteiger partial charge in [0.25, 0.3) is 5.91 Å². The molecule has 0 bridgehead atoms. The van der Waals surface area contributed by atoms with Crippen molar-refractivity contribution in [2.24, 2.45) is 0 Å². The molecule has 3 aromatic rings. The molecule has 0 saturated carbocycles. The minimum Gasteiger partial charge on any atom is -0.491 e. The molecule has 0 fully saturated rings. The maximum Gasteiger partial charge on any atom is 0.286 e. The average Bonchev–Trinajstić information content (AvgIpc) is 3.18. The minimum absolute atomic E-state index is 0.247. The number of halogens is 1. The number of likely N-dealkylation sites (N-methyl/N-ethyl adjacent to an activating group) is 1. The first-order valence-electron chi connectivity index (χ1n) is 9.33. The fourth-order valence-corrected chi connectivity index (χ4v) is 3.61. The van der Waals surface area contributed by atoms with Crippen LogP contribution in [-0.2, 0) is 13.0 Å². The highest BCUT2D eigenvalue weighted by atomic mass is 35.5. The van der Waals surface area contributed by atoms with Gasteiger partial charge in [0, 0.05) is 12.2 Å². The first kappa shape index (κ1) is 21.2. The molecule has 1 amide bonds. The Hall–Kier alpha value is -2.48. The Kier molecular flexibility index (Phi) is 7.57. The summed E-state index contributed by atoms with van der Waals surface area (Å²) in [4.78, 5) is 14.4. The Bertz CT molecular complexity index is 946. The second-order valence-electron chi connectivity index (χ2n) is 6.52. The largest absolute Gasteiger partial charge is 0.491 e. The third kappa shape index (κ3) is 6.25. The van der Waals surface area contributed by atoms with E-state index in [1.54, 1.807) is 6.07 Å². The molecule has 29 heavy (non-hydrogen) atoms. The molecule has 1 aromatic heterocycles. The zero-order valence-electron chi connectivity index (χ0n) is 16.4. The number of para-hydroxylation sites is 1. The van der Waals surface area contributed by atoms with Crippen molar-refractivity contribution in [2.45, 2.75) is 19.9 Å². The topological polar surface area (TPSA) is 67.4 Å². The number of ether oxygens (including phenoxy) is 1. The second-order valence-corrected chi connectivity index (χ2v) is 7.99. The molecule has 0 aliphatic heterocycles.